The van der Waals surface area contributed by atoms with Crippen molar-refractivity contribution in [3.63, 3.8) is 0 Å². The number of morpholine rings is 1. The lowest BCUT2D eigenvalue weighted by atomic mass is 9.95. The molecule has 1 atom stereocenters. The average molecular weight is 399 g/mol. The number of nitrogens with zero attached hydrogens (tertiary/aromatic N) is 3. The highest BCUT2D eigenvalue weighted by molar-refractivity contribution is 5.86. The van der Waals surface area contributed by atoms with E-state index in [0.29, 0.717) is 52.4 Å². The number of halogens is 2. The number of carbonyl (C=O) groups is 2. The molecule has 0 aliphatic carbocycles. The zero-order chi connectivity index (χ0) is 16.9. The second kappa shape index (κ2) is 11.2. The van der Waals surface area contributed by atoms with Gasteiger partial charge >= 0.3 is 0 Å². The van der Waals surface area contributed by atoms with Gasteiger partial charge in [-0.25, -0.2) is 0 Å². The smallest absolute Gasteiger partial charge is 0.242 e. The summed E-state index contributed by atoms with van der Waals surface area (Å²) in [6.45, 7) is 9.63. The van der Waals surface area contributed by atoms with Crippen LogP contribution in [0.2, 0.25) is 0 Å². The maximum Gasteiger partial charge on any atom is 0.242 e. The lowest BCUT2D eigenvalue weighted by Crippen LogP contribution is -2.59. The van der Waals surface area contributed by atoms with Crippen molar-refractivity contribution in [2.45, 2.75) is 32.2 Å². The fourth-order valence-electron chi connectivity index (χ4n) is 3.20. The normalized spacial score (nSPS) is 20.9. The zero-order valence-corrected chi connectivity index (χ0v) is 16.9. The van der Waals surface area contributed by atoms with E-state index in [1.54, 1.807) is 0 Å². The van der Waals surface area contributed by atoms with Gasteiger partial charge in [-0.05, 0) is 13.3 Å². The van der Waals surface area contributed by atoms with Crippen LogP contribution in [0.4, 0.5) is 0 Å². The van der Waals surface area contributed by atoms with Gasteiger partial charge in [-0.1, -0.05) is 13.3 Å². The number of rotatable bonds is 5. The second-order valence-electron chi connectivity index (χ2n) is 6.73. The molecule has 0 bridgehead atoms. The molecule has 2 heterocycles. The third-order valence-electron chi connectivity index (χ3n) is 4.64. The van der Waals surface area contributed by atoms with Gasteiger partial charge in [-0.15, -0.1) is 24.8 Å². The molecule has 9 heteroatoms. The first-order valence-corrected chi connectivity index (χ1v) is 8.60. The largest absolute Gasteiger partial charge is 0.378 e. The van der Waals surface area contributed by atoms with Crippen molar-refractivity contribution in [3.05, 3.63) is 0 Å². The Balaban J connectivity index is 0.00000288. The molecule has 25 heavy (non-hydrogen) atoms. The number of amides is 2. The molecule has 0 spiro atoms. The summed E-state index contributed by atoms with van der Waals surface area (Å²) in [4.78, 5) is 30.6. The Kier molecular flexibility index (Phi) is 10.9. The highest BCUT2D eigenvalue weighted by Crippen LogP contribution is 2.14. The van der Waals surface area contributed by atoms with E-state index in [2.05, 4.69) is 4.90 Å². The van der Waals surface area contributed by atoms with Gasteiger partial charge in [0.2, 0.25) is 11.8 Å². The Hall–Kier alpha value is -0.600. The molecule has 2 N–H and O–H groups in total. The van der Waals surface area contributed by atoms with E-state index in [1.165, 1.54) is 0 Å². The van der Waals surface area contributed by atoms with Gasteiger partial charge in [0, 0.05) is 39.3 Å². The third-order valence-corrected chi connectivity index (χ3v) is 4.64. The van der Waals surface area contributed by atoms with Gasteiger partial charge in [-0.2, -0.15) is 0 Å². The van der Waals surface area contributed by atoms with Gasteiger partial charge < -0.3 is 20.3 Å². The van der Waals surface area contributed by atoms with Crippen LogP contribution in [-0.4, -0.2) is 91.1 Å². The van der Waals surface area contributed by atoms with Crippen LogP contribution in [-0.2, 0) is 14.3 Å². The van der Waals surface area contributed by atoms with E-state index in [4.69, 9.17) is 10.5 Å². The summed E-state index contributed by atoms with van der Waals surface area (Å²) in [7, 11) is 0. The summed E-state index contributed by atoms with van der Waals surface area (Å²) < 4.78 is 5.27. The molecule has 0 aromatic carbocycles. The van der Waals surface area contributed by atoms with Crippen LogP contribution in [0.15, 0.2) is 0 Å². The molecule has 2 amide bonds. The average Bonchev–Trinajstić information content (AvgIpc) is 2.55. The van der Waals surface area contributed by atoms with Crippen LogP contribution >= 0.6 is 24.8 Å². The molecule has 1 unspecified atom stereocenters. The lowest BCUT2D eigenvalue weighted by molar-refractivity contribution is -0.140. The number of piperazine rings is 1. The molecule has 2 aliphatic heterocycles. The molecule has 2 rings (SSSR count). The predicted octanol–water partition coefficient (Wildman–Crippen LogP) is 0.351. The van der Waals surface area contributed by atoms with Crippen LogP contribution < -0.4 is 5.73 Å². The first-order chi connectivity index (χ1) is 10.9. The summed E-state index contributed by atoms with van der Waals surface area (Å²) >= 11 is 0. The number of hydrogen-bond donors (Lipinski definition) is 1. The lowest BCUT2D eigenvalue weighted by Gasteiger charge is -2.39. The van der Waals surface area contributed by atoms with E-state index >= 15 is 0 Å². The Morgan fingerprint density at radius 2 is 1.56 bits per heavy atom. The number of hydrogen-bond acceptors (Lipinski definition) is 5. The second-order valence-corrected chi connectivity index (χ2v) is 6.73. The number of ether oxygens (including phenoxy) is 1. The van der Waals surface area contributed by atoms with Crippen LogP contribution in [0, 0.1) is 0 Å². The van der Waals surface area contributed by atoms with E-state index < -0.39 is 5.54 Å². The van der Waals surface area contributed by atoms with Crippen molar-refractivity contribution in [1.82, 2.24) is 14.7 Å². The highest BCUT2D eigenvalue weighted by Gasteiger charge is 2.33. The maximum absolute atomic E-state index is 12.5. The standard InChI is InChI=1S/C16H30N4O3.2ClH/c1-3-4-16(2,17)15(22)20-7-5-18(6-8-20)13-14(21)19-9-11-23-12-10-19;;/h3-13,17H2,1-2H3;2*1H. The Morgan fingerprint density at radius 3 is 2.08 bits per heavy atom. The van der Waals surface area contributed by atoms with Crippen molar-refractivity contribution < 1.29 is 14.3 Å². The molecule has 7 nitrogen and oxygen atoms in total. The molecule has 148 valence electrons. The minimum atomic E-state index is -0.777. The molecule has 0 aromatic rings. The van der Waals surface area contributed by atoms with Gasteiger partial charge in [-0.3, -0.25) is 14.5 Å². The molecule has 0 aromatic heterocycles. The van der Waals surface area contributed by atoms with Crippen molar-refractivity contribution >= 4 is 36.6 Å². The molecular weight excluding hydrogens is 367 g/mol. The fourth-order valence-corrected chi connectivity index (χ4v) is 3.20. The topological polar surface area (TPSA) is 79.1 Å². The molecular formula is C16H32Cl2N4O3. The van der Waals surface area contributed by atoms with Crippen LogP contribution in [0.1, 0.15) is 26.7 Å². The maximum atomic E-state index is 12.5. The monoisotopic (exact) mass is 398 g/mol. The van der Waals surface area contributed by atoms with E-state index in [9.17, 15) is 9.59 Å². The van der Waals surface area contributed by atoms with E-state index in [-0.39, 0.29) is 36.6 Å². The van der Waals surface area contributed by atoms with Crippen LogP contribution in [0.25, 0.3) is 0 Å². The first kappa shape index (κ1) is 24.4. The Morgan fingerprint density at radius 1 is 1.00 bits per heavy atom. The zero-order valence-electron chi connectivity index (χ0n) is 15.2. The quantitative estimate of drug-likeness (QED) is 0.722. The summed E-state index contributed by atoms with van der Waals surface area (Å²) in [5.74, 6) is 0.182. The molecule has 2 saturated heterocycles. The summed E-state index contributed by atoms with van der Waals surface area (Å²) in [6, 6.07) is 0. The van der Waals surface area contributed by atoms with Crippen molar-refractivity contribution in [2.24, 2.45) is 5.73 Å². The first-order valence-electron chi connectivity index (χ1n) is 8.60. The van der Waals surface area contributed by atoms with Crippen LogP contribution in [0.3, 0.4) is 0 Å². The Bertz CT molecular complexity index is 424. The highest BCUT2D eigenvalue weighted by atomic mass is 35.5. The van der Waals surface area contributed by atoms with Crippen molar-refractivity contribution in [3.8, 4) is 0 Å². The van der Waals surface area contributed by atoms with Crippen LogP contribution in [0.5, 0.6) is 0 Å². The fraction of sp³-hybridized carbons (Fsp3) is 0.875. The molecule has 2 aliphatic rings. The Labute approximate surface area is 163 Å². The van der Waals surface area contributed by atoms with Gasteiger partial charge in [0.25, 0.3) is 0 Å². The van der Waals surface area contributed by atoms with Gasteiger partial charge in [0.05, 0.1) is 25.3 Å². The molecule has 0 radical (unpaired) electrons. The minimum absolute atomic E-state index is 0. The van der Waals surface area contributed by atoms with E-state index in [0.717, 1.165) is 19.5 Å². The number of nitrogens with two attached hydrogens (primary N) is 1. The van der Waals surface area contributed by atoms with E-state index in [1.807, 2.05) is 23.6 Å². The van der Waals surface area contributed by atoms with Gasteiger partial charge in [0.1, 0.15) is 0 Å². The third kappa shape index (κ3) is 6.90. The van der Waals surface area contributed by atoms with Crippen molar-refractivity contribution in [1.29, 1.82) is 0 Å². The summed E-state index contributed by atoms with van der Waals surface area (Å²) in [6.07, 6.45) is 1.59. The molecule has 2 fully saturated rings. The SMILES string of the molecule is CCCC(C)(N)C(=O)N1CCN(CC(=O)N2CCOCC2)CC1.Cl.Cl. The summed E-state index contributed by atoms with van der Waals surface area (Å²) in [5, 5.41) is 0. The van der Waals surface area contributed by atoms with Gasteiger partial charge in [0.15, 0.2) is 0 Å². The summed E-state index contributed by atoms with van der Waals surface area (Å²) in [5.41, 5.74) is 5.36. The molecule has 0 saturated carbocycles. The number of carbonyl (C=O) groups excluding carboxylic acids is 2. The minimum Gasteiger partial charge on any atom is -0.378 e. The van der Waals surface area contributed by atoms with Crippen molar-refractivity contribution in [2.75, 3.05) is 59.0 Å². The predicted molar refractivity (Wildman–Crippen MR) is 102 cm³/mol.